The topological polar surface area (TPSA) is 20.3 Å². The highest BCUT2D eigenvalue weighted by molar-refractivity contribution is 5.80. The first kappa shape index (κ1) is 11.1. The van der Waals surface area contributed by atoms with Crippen molar-refractivity contribution in [1.29, 1.82) is 0 Å². The minimum Gasteiger partial charge on any atom is -0.338 e. The Morgan fingerprint density at radius 3 is 2.81 bits per heavy atom. The predicted octanol–water partition coefficient (Wildman–Crippen LogP) is 2.50. The molecule has 1 heterocycles. The first-order valence-corrected chi connectivity index (χ1v) is 5.62. The van der Waals surface area contributed by atoms with Crippen LogP contribution in [-0.4, -0.2) is 17.4 Å². The zero-order chi connectivity index (χ0) is 11.7. The lowest BCUT2D eigenvalue weighted by Crippen LogP contribution is -2.26. The van der Waals surface area contributed by atoms with Crippen molar-refractivity contribution in [1.82, 2.24) is 4.90 Å². The van der Waals surface area contributed by atoms with E-state index in [-0.39, 0.29) is 17.6 Å². The highest BCUT2D eigenvalue weighted by atomic mass is 19.1. The maximum absolute atomic E-state index is 13.3. The van der Waals surface area contributed by atoms with Crippen molar-refractivity contribution in [2.24, 2.45) is 5.92 Å². The van der Waals surface area contributed by atoms with Crippen LogP contribution in [-0.2, 0) is 11.3 Å². The van der Waals surface area contributed by atoms with Crippen LogP contribution in [0.5, 0.6) is 0 Å². The van der Waals surface area contributed by atoms with Crippen LogP contribution in [0.2, 0.25) is 0 Å². The molecule has 0 spiro atoms. The summed E-state index contributed by atoms with van der Waals surface area (Å²) in [5.41, 5.74) is 1.51. The summed E-state index contributed by atoms with van der Waals surface area (Å²) >= 11 is 0. The van der Waals surface area contributed by atoms with Gasteiger partial charge in [0.2, 0.25) is 5.91 Å². The Hall–Kier alpha value is -1.38. The Kier molecular flexibility index (Phi) is 2.95. The summed E-state index contributed by atoms with van der Waals surface area (Å²) < 4.78 is 13.3. The Balaban J connectivity index is 2.10. The van der Waals surface area contributed by atoms with Crippen molar-refractivity contribution < 1.29 is 9.18 Å². The van der Waals surface area contributed by atoms with Crippen LogP contribution in [0.3, 0.4) is 0 Å². The van der Waals surface area contributed by atoms with Gasteiger partial charge in [-0.15, -0.1) is 0 Å². The lowest BCUT2D eigenvalue weighted by atomic mass is 10.1. The molecular weight excluding hydrogens is 205 g/mol. The van der Waals surface area contributed by atoms with E-state index in [1.807, 2.05) is 13.0 Å². The minimum absolute atomic E-state index is 0.121. The molecule has 1 aromatic rings. The molecule has 1 aromatic carbocycles. The van der Waals surface area contributed by atoms with E-state index in [1.54, 1.807) is 17.9 Å². The largest absolute Gasteiger partial charge is 0.338 e. The summed E-state index contributed by atoms with van der Waals surface area (Å²) in [5, 5.41) is 0. The van der Waals surface area contributed by atoms with Crippen molar-refractivity contribution in [3.05, 3.63) is 35.1 Å². The number of benzene rings is 1. The van der Waals surface area contributed by atoms with E-state index in [1.165, 1.54) is 6.07 Å². The molecule has 1 unspecified atom stereocenters. The molecule has 2 rings (SSSR count). The lowest BCUT2D eigenvalue weighted by Gasteiger charge is -2.16. The maximum atomic E-state index is 13.3. The fraction of sp³-hybridized carbons (Fsp3) is 0.462. The predicted molar refractivity (Wildman–Crippen MR) is 60.3 cm³/mol. The minimum atomic E-state index is -0.197. The third-order valence-electron chi connectivity index (χ3n) is 3.17. The lowest BCUT2D eigenvalue weighted by molar-refractivity contribution is -0.131. The van der Waals surface area contributed by atoms with Crippen LogP contribution in [0.1, 0.15) is 24.5 Å². The Morgan fingerprint density at radius 1 is 1.50 bits per heavy atom. The van der Waals surface area contributed by atoms with Crippen LogP contribution in [0, 0.1) is 18.7 Å². The second kappa shape index (κ2) is 4.24. The molecule has 1 aliphatic rings. The van der Waals surface area contributed by atoms with E-state index in [0.29, 0.717) is 12.1 Å². The first-order valence-electron chi connectivity index (χ1n) is 5.62. The molecular formula is C13H16FNO. The molecule has 0 N–H and O–H groups in total. The Bertz CT molecular complexity index is 416. The molecule has 0 aliphatic carbocycles. The fourth-order valence-electron chi connectivity index (χ4n) is 2.01. The average Bonchev–Trinajstić information content (AvgIpc) is 2.55. The van der Waals surface area contributed by atoms with E-state index in [0.717, 1.165) is 18.5 Å². The second-order valence-corrected chi connectivity index (χ2v) is 4.53. The van der Waals surface area contributed by atoms with Gasteiger partial charge in [0.25, 0.3) is 0 Å². The van der Waals surface area contributed by atoms with E-state index in [4.69, 9.17) is 0 Å². The number of aryl methyl sites for hydroxylation is 1. The molecule has 3 heteroatoms. The van der Waals surface area contributed by atoms with Crippen LogP contribution < -0.4 is 0 Å². The summed E-state index contributed by atoms with van der Waals surface area (Å²) in [6.45, 7) is 5.00. The number of carbonyl (C=O) groups is 1. The molecule has 1 atom stereocenters. The van der Waals surface area contributed by atoms with Crippen molar-refractivity contribution in [2.75, 3.05) is 6.54 Å². The third-order valence-corrected chi connectivity index (χ3v) is 3.17. The van der Waals surface area contributed by atoms with Crippen LogP contribution in [0.4, 0.5) is 4.39 Å². The van der Waals surface area contributed by atoms with Gasteiger partial charge < -0.3 is 4.90 Å². The van der Waals surface area contributed by atoms with Gasteiger partial charge in [-0.25, -0.2) is 4.39 Å². The van der Waals surface area contributed by atoms with Gasteiger partial charge in [0.05, 0.1) is 0 Å². The highest BCUT2D eigenvalue weighted by Crippen LogP contribution is 2.20. The zero-order valence-electron chi connectivity index (χ0n) is 9.66. The third kappa shape index (κ3) is 2.08. The maximum Gasteiger partial charge on any atom is 0.225 e. The van der Waals surface area contributed by atoms with Crippen molar-refractivity contribution in [3.8, 4) is 0 Å². The van der Waals surface area contributed by atoms with Gasteiger partial charge in [0.1, 0.15) is 5.82 Å². The Morgan fingerprint density at radius 2 is 2.25 bits per heavy atom. The van der Waals surface area contributed by atoms with E-state index < -0.39 is 0 Å². The number of likely N-dealkylation sites (tertiary alicyclic amines) is 1. The van der Waals surface area contributed by atoms with Crippen LogP contribution >= 0.6 is 0 Å². The van der Waals surface area contributed by atoms with Crippen LogP contribution in [0.25, 0.3) is 0 Å². The Labute approximate surface area is 95.1 Å². The molecule has 1 fully saturated rings. The number of rotatable bonds is 2. The van der Waals surface area contributed by atoms with Gasteiger partial charge >= 0.3 is 0 Å². The first-order chi connectivity index (χ1) is 7.58. The molecule has 0 radical (unpaired) electrons. The molecule has 16 heavy (non-hydrogen) atoms. The monoisotopic (exact) mass is 221 g/mol. The number of halogens is 1. The summed E-state index contributed by atoms with van der Waals surface area (Å²) in [4.78, 5) is 13.5. The molecule has 0 saturated carbocycles. The fourth-order valence-corrected chi connectivity index (χ4v) is 2.01. The molecule has 2 nitrogen and oxygen atoms in total. The smallest absolute Gasteiger partial charge is 0.225 e. The van der Waals surface area contributed by atoms with Crippen LogP contribution in [0.15, 0.2) is 18.2 Å². The van der Waals surface area contributed by atoms with Crippen molar-refractivity contribution >= 4 is 5.91 Å². The van der Waals surface area contributed by atoms with E-state index >= 15 is 0 Å². The summed E-state index contributed by atoms with van der Waals surface area (Å²) in [6, 6.07) is 5.16. The average molecular weight is 221 g/mol. The summed E-state index contributed by atoms with van der Waals surface area (Å²) in [6.07, 6.45) is 0.910. The van der Waals surface area contributed by atoms with Gasteiger partial charge in [-0.05, 0) is 30.5 Å². The quantitative estimate of drug-likeness (QED) is 0.751. The van der Waals surface area contributed by atoms with Gasteiger partial charge in [0, 0.05) is 19.0 Å². The number of hydrogen-bond acceptors (Lipinski definition) is 1. The van der Waals surface area contributed by atoms with Gasteiger partial charge in [-0.3, -0.25) is 4.79 Å². The number of amides is 1. The van der Waals surface area contributed by atoms with Crippen molar-refractivity contribution in [3.63, 3.8) is 0 Å². The molecule has 0 aromatic heterocycles. The zero-order valence-corrected chi connectivity index (χ0v) is 9.66. The normalized spacial score (nSPS) is 20.6. The van der Waals surface area contributed by atoms with Crippen molar-refractivity contribution in [2.45, 2.75) is 26.8 Å². The summed E-state index contributed by atoms with van der Waals surface area (Å²) in [5.74, 6) is 0.105. The molecule has 0 bridgehead atoms. The molecule has 86 valence electrons. The van der Waals surface area contributed by atoms with E-state index in [2.05, 4.69) is 0 Å². The molecule has 1 saturated heterocycles. The molecule has 1 aliphatic heterocycles. The highest BCUT2D eigenvalue weighted by Gasteiger charge is 2.27. The number of nitrogens with zero attached hydrogens (tertiary/aromatic N) is 1. The second-order valence-electron chi connectivity index (χ2n) is 4.53. The standard InChI is InChI=1S/C13H16FNO/c1-9-3-4-11(7-12(9)14)8-15-6-5-10(2)13(15)16/h3-4,7,10H,5-6,8H2,1-2H3. The summed E-state index contributed by atoms with van der Waals surface area (Å²) in [7, 11) is 0. The van der Waals surface area contributed by atoms with Gasteiger partial charge in [-0.1, -0.05) is 19.1 Å². The van der Waals surface area contributed by atoms with E-state index in [9.17, 15) is 9.18 Å². The van der Waals surface area contributed by atoms with Gasteiger partial charge in [-0.2, -0.15) is 0 Å². The SMILES string of the molecule is Cc1ccc(CN2CCC(C)C2=O)cc1F. The molecule has 1 amide bonds. The number of carbonyl (C=O) groups excluding carboxylic acids is 1. The number of hydrogen-bond donors (Lipinski definition) is 0. The van der Waals surface area contributed by atoms with Gasteiger partial charge in [0.15, 0.2) is 0 Å².